The normalized spacial score (nSPS) is 26.2. The molecule has 0 amide bonds. The van der Waals surface area contributed by atoms with Crippen molar-refractivity contribution < 1.29 is 0 Å². The van der Waals surface area contributed by atoms with Gasteiger partial charge in [-0.3, -0.25) is 0 Å². The average molecular weight is 258 g/mol. The number of hydrogen-bond acceptors (Lipinski definition) is 0. The summed E-state index contributed by atoms with van der Waals surface area (Å²) in [6.07, 6.45) is 9.13. The third-order valence-electron chi connectivity index (χ3n) is 5.52. The fourth-order valence-electron chi connectivity index (χ4n) is 4.21. The molecular weight excluding hydrogens is 232 g/mol. The van der Waals surface area contributed by atoms with Gasteiger partial charge in [0.05, 0.1) is 8.07 Å². The molecule has 1 unspecified atom stereocenters. The minimum absolute atomic E-state index is 0.817. The summed E-state index contributed by atoms with van der Waals surface area (Å²) in [5.74, 6) is 1.07. The van der Waals surface area contributed by atoms with E-state index in [1.807, 2.05) is 0 Å². The molecule has 1 aromatic carbocycles. The number of benzene rings is 1. The highest BCUT2D eigenvalue weighted by Gasteiger charge is 2.54. The van der Waals surface area contributed by atoms with Crippen LogP contribution in [0.25, 0.3) is 0 Å². The highest BCUT2D eigenvalue weighted by atomic mass is 28.3. The maximum Gasteiger partial charge on any atom is 0.0809 e. The summed E-state index contributed by atoms with van der Waals surface area (Å²) in [6.45, 7) is 5.13. The lowest BCUT2D eigenvalue weighted by Gasteiger charge is -2.27. The first kappa shape index (κ1) is 12.5. The second-order valence-corrected chi connectivity index (χ2v) is 12.0. The third kappa shape index (κ3) is 2.30. The van der Waals surface area contributed by atoms with Crippen LogP contribution < -0.4 is 5.19 Å². The van der Waals surface area contributed by atoms with E-state index < -0.39 is 8.07 Å². The van der Waals surface area contributed by atoms with Crippen molar-refractivity contribution in [2.75, 3.05) is 0 Å². The van der Waals surface area contributed by atoms with Crippen molar-refractivity contribution in [3.8, 4) is 0 Å². The van der Waals surface area contributed by atoms with Gasteiger partial charge in [-0.25, -0.2) is 0 Å². The van der Waals surface area contributed by atoms with Gasteiger partial charge in [0.1, 0.15) is 0 Å². The van der Waals surface area contributed by atoms with Crippen molar-refractivity contribution in [2.45, 2.75) is 57.7 Å². The van der Waals surface area contributed by atoms with Gasteiger partial charge in [-0.2, -0.15) is 0 Å². The van der Waals surface area contributed by atoms with E-state index in [-0.39, 0.29) is 0 Å². The van der Waals surface area contributed by atoms with Crippen LogP contribution in [-0.4, -0.2) is 8.07 Å². The maximum absolute atomic E-state index is 2.57. The Hall–Kier alpha value is -0.563. The first-order chi connectivity index (χ1) is 8.62. The first-order valence-electron chi connectivity index (χ1n) is 7.68. The summed E-state index contributed by atoms with van der Waals surface area (Å²) in [6, 6.07) is 12.8. The van der Waals surface area contributed by atoms with Crippen LogP contribution >= 0.6 is 0 Å². The van der Waals surface area contributed by atoms with Gasteiger partial charge in [0.15, 0.2) is 0 Å². The predicted octanol–water partition coefficient (Wildman–Crippen LogP) is 4.57. The Balaban J connectivity index is 1.67. The predicted molar refractivity (Wildman–Crippen MR) is 82.0 cm³/mol. The molecule has 0 saturated heterocycles. The van der Waals surface area contributed by atoms with Crippen LogP contribution in [-0.2, 0) is 0 Å². The van der Waals surface area contributed by atoms with E-state index >= 15 is 0 Å². The molecule has 0 bridgehead atoms. The number of rotatable bonds is 3. The largest absolute Gasteiger partial charge is 0.0809 e. The molecule has 0 heterocycles. The monoisotopic (exact) mass is 258 g/mol. The summed E-state index contributed by atoms with van der Waals surface area (Å²) in [7, 11) is -1.19. The van der Waals surface area contributed by atoms with Crippen LogP contribution in [0.15, 0.2) is 30.3 Å². The van der Waals surface area contributed by atoms with Crippen molar-refractivity contribution in [3.05, 3.63) is 30.3 Å². The summed E-state index contributed by atoms with van der Waals surface area (Å²) in [4.78, 5) is 0. The van der Waals surface area contributed by atoms with Gasteiger partial charge in [-0.05, 0) is 30.6 Å². The van der Waals surface area contributed by atoms with Crippen molar-refractivity contribution >= 4 is 13.3 Å². The second kappa shape index (κ2) is 4.52. The summed E-state index contributed by atoms with van der Waals surface area (Å²) in [5.41, 5.74) is 0.817. The molecule has 1 spiro atoms. The molecule has 1 aromatic rings. The fourth-order valence-corrected chi connectivity index (χ4v) is 7.35. The molecule has 2 fully saturated rings. The molecule has 2 saturated carbocycles. The average Bonchev–Trinajstić information content (AvgIpc) is 3.02. The topological polar surface area (TPSA) is 0 Å². The van der Waals surface area contributed by atoms with Crippen molar-refractivity contribution in [1.29, 1.82) is 0 Å². The second-order valence-electron chi connectivity index (χ2n) is 7.28. The molecule has 0 radical (unpaired) electrons. The van der Waals surface area contributed by atoms with Gasteiger partial charge in [0, 0.05) is 0 Å². The molecule has 1 heteroatoms. The summed E-state index contributed by atoms with van der Waals surface area (Å²) < 4.78 is 0. The van der Waals surface area contributed by atoms with Gasteiger partial charge < -0.3 is 0 Å². The minimum atomic E-state index is -1.19. The molecule has 2 aliphatic rings. The Labute approximate surface area is 113 Å². The van der Waals surface area contributed by atoms with Gasteiger partial charge >= 0.3 is 0 Å². The van der Waals surface area contributed by atoms with E-state index in [1.54, 1.807) is 11.6 Å². The van der Waals surface area contributed by atoms with Gasteiger partial charge in [-0.1, -0.05) is 73.9 Å². The Morgan fingerprint density at radius 2 is 1.72 bits per heavy atom. The first-order valence-corrected chi connectivity index (χ1v) is 10.9. The SMILES string of the molecule is C[Si](C)(CC1CC12CCCCC2)c1ccccc1. The van der Waals surface area contributed by atoms with Crippen LogP contribution in [0.4, 0.5) is 0 Å². The van der Waals surface area contributed by atoms with Crippen LogP contribution in [0.5, 0.6) is 0 Å². The smallest absolute Gasteiger partial charge is 0.0654 e. The molecule has 0 aromatic heterocycles. The maximum atomic E-state index is 2.57. The quantitative estimate of drug-likeness (QED) is 0.697. The number of hydrogen-bond donors (Lipinski definition) is 0. The van der Waals surface area contributed by atoms with E-state index in [1.165, 1.54) is 38.1 Å². The van der Waals surface area contributed by atoms with Gasteiger partial charge in [-0.15, -0.1) is 0 Å². The van der Waals surface area contributed by atoms with E-state index in [9.17, 15) is 0 Å². The van der Waals surface area contributed by atoms with Crippen molar-refractivity contribution in [3.63, 3.8) is 0 Å². The Bertz CT molecular complexity index is 401. The summed E-state index contributed by atoms with van der Waals surface area (Å²) in [5, 5.41) is 1.66. The zero-order chi connectivity index (χ0) is 12.6. The van der Waals surface area contributed by atoms with E-state index in [2.05, 4.69) is 43.4 Å². The molecule has 0 aliphatic heterocycles. The third-order valence-corrected chi connectivity index (χ3v) is 8.93. The Morgan fingerprint density at radius 3 is 2.39 bits per heavy atom. The highest BCUT2D eigenvalue weighted by molar-refractivity contribution is 6.89. The Kier molecular flexibility index (Phi) is 3.13. The summed E-state index contributed by atoms with van der Waals surface area (Å²) >= 11 is 0. The molecular formula is C17H26Si. The van der Waals surface area contributed by atoms with Crippen molar-refractivity contribution in [1.82, 2.24) is 0 Å². The van der Waals surface area contributed by atoms with E-state index in [0.717, 1.165) is 11.3 Å². The molecule has 0 nitrogen and oxygen atoms in total. The van der Waals surface area contributed by atoms with Gasteiger partial charge in [0.2, 0.25) is 0 Å². The zero-order valence-electron chi connectivity index (χ0n) is 11.9. The minimum Gasteiger partial charge on any atom is -0.0654 e. The van der Waals surface area contributed by atoms with Crippen molar-refractivity contribution in [2.24, 2.45) is 11.3 Å². The van der Waals surface area contributed by atoms with Crippen LogP contribution in [0, 0.1) is 11.3 Å². The Morgan fingerprint density at radius 1 is 1.06 bits per heavy atom. The molecule has 98 valence electrons. The lowest BCUT2D eigenvalue weighted by Crippen LogP contribution is -2.41. The zero-order valence-corrected chi connectivity index (χ0v) is 12.9. The van der Waals surface area contributed by atoms with Crippen LogP contribution in [0.2, 0.25) is 19.1 Å². The lowest BCUT2D eigenvalue weighted by molar-refractivity contribution is 0.313. The molecule has 3 rings (SSSR count). The van der Waals surface area contributed by atoms with Gasteiger partial charge in [0.25, 0.3) is 0 Å². The molecule has 2 aliphatic carbocycles. The molecule has 0 N–H and O–H groups in total. The molecule has 1 atom stereocenters. The van der Waals surface area contributed by atoms with Crippen LogP contribution in [0.1, 0.15) is 38.5 Å². The molecule has 18 heavy (non-hydrogen) atoms. The fraction of sp³-hybridized carbons (Fsp3) is 0.647. The standard InChI is InChI=1S/C17H26Si/c1-18(2,16-9-5-3-6-10-16)14-15-13-17(15)11-7-4-8-12-17/h3,5-6,9-10,15H,4,7-8,11-14H2,1-2H3. The lowest BCUT2D eigenvalue weighted by atomic mass is 9.85. The van der Waals surface area contributed by atoms with E-state index in [4.69, 9.17) is 0 Å². The highest BCUT2D eigenvalue weighted by Crippen LogP contribution is 2.63. The van der Waals surface area contributed by atoms with Crippen LogP contribution in [0.3, 0.4) is 0 Å². The van der Waals surface area contributed by atoms with E-state index in [0.29, 0.717) is 0 Å².